The fourth-order valence-electron chi connectivity index (χ4n) is 2.73. The summed E-state index contributed by atoms with van der Waals surface area (Å²) in [6.07, 6.45) is 0.973. The van der Waals surface area contributed by atoms with E-state index in [1.54, 1.807) is 19.1 Å². The lowest BCUT2D eigenvalue weighted by Crippen LogP contribution is -2.54. The van der Waals surface area contributed by atoms with Crippen LogP contribution in [0, 0.1) is 10.1 Å². The van der Waals surface area contributed by atoms with E-state index in [1.165, 1.54) is 12.1 Å². The number of nitro benzene ring substituents is 1. The lowest BCUT2D eigenvalue weighted by molar-refractivity contribution is -0.385. The Morgan fingerprint density at radius 2 is 1.90 bits per heavy atom. The number of anilines is 1. The largest absolute Gasteiger partial charge is 0.504 e. The maximum absolute atomic E-state index is 12.9. The number of nitrogens with one attached hydrogen (secondary N) is 1. The Labute approximate surface area is 178 Å². The lowest BCUT2D eigenvalue weighted by Gasteiger charge is -2.26. The molecule has 0 saturated carbocycles. The number of halogens is 1. The molecule has 1 aliphatic rings. The van der Waals surface area contributed by atoms with Crippen LogP contribution in [0.15, 0.2) is 46.4 Å². The minimum absolute atomic E-state index is 0.121. The highest BCUT2D eigenvalue weighted by atomic mass is 79.9. The van der Waals surface area contributed by atoms with Gasteiger partial charge in [-0.3, -0.25) is 25.0 Å². The predicted octanol–water partition coefficient (Wildman–Crippen LogP) is 3.13. The van der Waals surface area contributed by atoms with Gasteiger partial charge in [-0.25, -0.2) is 9.69 Å². The van der Waals surface area contributed by atoms with E-state index in [0.717, 1.165) is 23.1 Å². The van der Waals surface area contributed by atoms with Crippen LogP contribution >= 0.6 is 15.9 Å². The van der Waals surface area contributed by atoms with E-state index in [-0.39, 0.29) is 23.6 Å². The zero-order valence-corrected chi connectivity index (χ0v) is 17.0. The van der Waals surface area contributed by atoms with Gasteiger partial charge in [0.1, 0.15) is 5.57 Å². The summed E-state index contributed by atoms with van der Waals surface area (Å²) in [4.78, 5) is 48.6. The number of phenols is 1. The number of amides is 4. The summed E-state index contributed by atoms with van der Waals surface area (Å²) >= 11 is 3.25. The maximum atomic E-state index is 12.9. The topological polar surface area (TPSA) is 139 Å². The summed E-state index contributed by atoms with van der Waals surface area (Å²) < 4.78 is 5.91. The van der Waals surface area contributed by atoms with Crippen molar-refractivity contribution in [3.8, 4) is 11.5 Å². The van der Waals surface area contributed by atoms with Crippen molar-refractivity contribution in [2.24, 2.45) is 0 Å². The van der Waals surface area contributed by atoms with Gasteiger partial charge in [0.25, 0.3) is 17.5 Å². The second-order valence-electron chi connectivity index (χ2n) is 6.01. The Hall–Kier alpha value is -3.73. The summed E-state index contributed by atoms with van der Waals surface area (Å²) in [5, 5.41) is 23.6. The standard InChI is InChI=1S/C19H14BrN3O7/c1-2-30-15-9-13(23(28)29)7-10(16(15)24)8-14-17(25)21-19(27)22(18(14)26)12-5-3-11(20)4-6-12/h3-9,24H,2H2,1H3,(H,21,25,27). The van der Waals surface area contributed by atoms with Crippen molar-refractivity contribution in [3.05, 3.63) is 62.1 Å². The number of nitro groups is 1. The Balaban J connectivity index is 2.10. The van der Waals surface area contributed by atoms with Crippen LogP contribution in [0.3, 0.4) is 0 Å². The number of aromatic hydroxyl groups is 1. The number of rotatable bonds is 5. The molecule has 0 aromatic heterocycles. The predicted molar refractivity (Wildman–Crippen MR) is 109 cm³/mol. The second-order valence-corrected chi connectivity index (χ2v) is 6.92. The molecule has 1 fully saturated rings. The van der Waals surface area contributed by atoms with Crippen LogP contribution in [0.1, 0.15) is 12.5 Å². The molecule has 0 aliphatic carbocycles. The monoisotopic (exact) mass is 475 g/mol. The average Bonchev–Trinajstić information content (AvgIpc) is 2.69. The fraction of sp³-hybridized carbons (Fsp3) is 0.105. The molecular formula is C19H14BrN3O7. The minimum Gasteiger partial charge on any atom is -0.504 e. The third-order valence-electron chi connectivity index (χ3n) is 4.09. The Morgan fingerprint density at radius 3 is 2.50 bits per heavy atom. The quantitative estimate of drug-likeness (QED) is 0.293. The number of phenolic OH excluding ortho intramolecular Hbond substituents is 1. The molecule has 2 aromatic carbocycles. The Kier molecular flexibility index (Phi) is 5.83. The van der Waals surface area contributed by atoms with Gasteiger partial charge in [-0.15, -0.1) is 0 Å². The molecule has 30 heavy (non-hydrogen) atoms. The summed E-state index contributed by atoms with van der Waals surface area (Å²) in [6, 6.07) is 7.28. The highest BCUT2D eigenvalue weighted by Gasteiger charge is 2.37. The van der Waals surface area contributed by atoms with Crippen molar-refractivity contribution < 1.29 is 29.2 Å². The van der Waals surface area contributed by atoms with Crippen molar-refractivity contribution in [1.29, 1.82) is 0 Å². The van der Waals surface area contributed by atoms with Crippen molar-refractivity contribution in [3.63, 3.8) is 0 Å². The van der Waals surface area contributed by atoms with Gasteiger partial charge in [0.15, 0.2) is 11.5 Å². The first-order chi connectivity index (χ1) is 14.2. The summed E-state index contributed by atoms with van der Waals surface area (Å²) in [5.41, 5.74) is -0.878. The number of urea groups is 1. The lowest BCUT2D eigenvalue weighted by atomic mass is 10.0. The highest BCUT2D eigenvalue weighted by molar-refractivity contribution is 9.10. The molecule has 0 atom stereocenters. The average molecular weight is 476 g/mol. The zero-order chi connectivity index (χ0) is 22.0. The molecule has 1 aliphatic heterocycles. The molecule has 2 aromatic rings. The van der Waals surface area contributed by atoms with Crippen LogP contribution < -0.4 is 15.0 Å². The number of hydrogen-bond acceptors (Lipinski definition) is 7. The SMILES string of the molecule is CCOc1cc([N+](=O)[O-])cc(C=C2C(=O)NC(=O)N(c3ccc(Br)cc3)C2=O)c1O. The molecular weight excluding hydrogens is 462 g/mol. The molecule has 1 saturated heterocycles. The van der Waals surface area contributed by atoms with Gasteiger partial charge in [0.2, 0.25) is 0 Å². The van der Waals surface area contributed by atoms with Gasteiger partial charge in [0.05, 0.1) is 23.3 Å². The smallest absolute Gasteiger partial charge is 0.335 e. The van der Waals surface area contributed by atoms with Crippen molar-refractivity contribution in [2.45, 2.75) is 6.92 Å². The van der Waals surface area contributed by atoms with Crippen LogP contribution in [0.5, 0.6) is 11.5 Å². The fourth-order valence-corrected chi connectivity index (χ4v) is 3.00. The first-order valence-corrected chi connectivity index (χ1v) is 9.33. The number of ether oxygens (including phenoxy) is 1. The molecule has 0 radical (unpaired) electrons. The third-order valence-corrected chi connectivity index (χ3v) is 4.61. The summed E-state index contributed by atoms with van der Waals surface area (Å²) in [7, 11) is 0. The number of benzene rings is 2. The van der Waals surface area contributed by atoms with Crippen LogP contribution in [0.4, 0.5) is 16.2 Å². The van der Waals surface area contributed by atoms with Crippen molar-refractivity contribution >= 4 is 51.2 Å². The van der Waals surface area contributed by atoms with Gasteiger partial charge in [0, 0.05) is 16.1 Å². The molecule has 10 nitrogen and oxygen atoms in total. The first kappa shape index (κ1) is 21.0. The van der Waals surface area contributed by atoms with E-state index in [0.29, 0.717) is 4.47 Å². The first-order valence-electron chi connectivity index (χ1n) is 8.54. The number of nitrogens with zero attached hydrogens (tertiary/aromatic N) is 2. The van der Waals surface area contributed by atoms with Crippen LogP contribution in [-0.4, -0.2) is 34.5 Å². The summed E-state index contributed by atoms with van der Waals surface area (Å²) in [6.45, 7) is 1.74. The van der Waals surface area contributed by atoms with Crippen molar-refractivity contribution in [2.75, 3.05) is 11.5 Å². The molecule has 2 N–H and O–H groups in total. The molecule has 11 heteroatoms. The molecule has 154 valence electrons. The molecule has 4 amide bonds. The number of barbiturate groups is 1. The van der Waals surface area contributed by atoms with E-state index in [9.17, 15) is 29.6 Å². The van der Waals surface area contributed by atoms with Crippen LogP contribution in [-0.2, 0) is 9.59 Å². The molecule has 3 rings (SSSR count). The number of carbonyl (C=O) groups excluding carboxylic acids is 3. The van der Waals surface area contributed by atoms with E-state index in [4.69, 9.17) is 4.74 Å². The normalized spacial score (nSPS) is 15.3. The minimum atomic E-state index is -0.998. The van der Waals surface area contributed by atoms with Crippen molar-refractivity contribution in [1.82, 2.24) is 5.32 Å². The number of non-ortho nitro benzene ring substituents is 1. The number of imide groups is 2. The molecule has 0 bridgehead atoms. The van der Waals surface area contributed by atoms with Gasteiger partial charge in [-0.05, 0) is 37.3 Å². The van der Waals surface area contributed by atoms with Crippen LogP contribution in [0.2, 0.25) is 0 Å². The summed E-state index contributed by atoms with van der Waals surface area (Å²) in [5.74, 6) is -2.61. The van der Waals surface area contributed by atoms with E-state index in [2.05, 4.69) is 15.9 Å². The van der Waals surface area contributed by atoms with E-state index < -0.39 is 39.8 Å². The third kappa shape index (κ3) is 4.01. The van der Waals surface area contributed by atoms with Gasteiger partial charge in [-0.2, -0.15) is 0 Å². The molecule has 0 spiro atoms. The second kappa shape index (κ2) is 8.33. The Morgan fingerprint density at radius 1 is 1.23 bits per heavy atom. The van der Waals surface area contributed by atoms with Gasteiger partial charge < -0.3 is 9.84 Å². The maximum Gasteiger partial charge on any atom is 0.335 e. The van der Waals surface area contributed by atoms with E-state index in [1.807, 2.05) is 5.32 Å². The van der Waals surface area contributed by atoms with E-state index >= 15 is 0 Å². The molecule has 0 unspecified atom stereocenters. The van der Waals surface area contributed by atoms with Gasteiger partial charge >= 0.3 is 6.03 Å². The highest BCUT2D eigenvalue weighted by Crippen LogP contribution is 2.36. The number of hydrogen-bond donors (Lipinski definition) is 2. The number of carbonyl (C=O) groups is 3. The zero-order valence-electron chi connectivity index (χ0n) is 15.4. The Bertz CT molecular complexity index is 1100. The van der Waals surface area contributed by atoms with Gasteiger partial charge in [-0.1, -0.05) is 15.9 Å². The van der Waals surface area contributed by atoms with Crippen LogP contribution in [0.25, 0.3) is 6.08 Å². The molecule has 1 heterocycles.